The van der Waals surface area contributed by atoms with Crippen LogP contribution in [0.2, 0.25) is 0 Å². The number of benzene rings is 1. The van der Waals surface area contributed by atoms with Gasteiger partial charge in [0.25, 0.3) is 5.91 Å². The third-order valence-electron chi connectivity index (χ3n) is 2.50. The normalized spacial score (nSPS) is 10.3. The molecular weight excluding hydrogens is 232 g/mol. The van der Waals surface area contributed by atoms with Crippen molar-refractivity contribution < 1.29 is 14.3 Å². The van der Waals surface area contributed by atoms with Gasteiger partial charge < -0.3 is 20.5 Å². The Morgan fingerprint density at radius 3 is 2.78 bits per heavy atom. The molecule has 0 radical (unpaired) electrons. The summed E-state index contributed by atoms with van der Waals surface area (Å²) < 4.78 is 10.1. The fourth-order valence-corrected chi connectivity index (χ4v) is 1.57. The van der Waals surface area contributed by atoms with Crippen molar-refractivity contribution in [1.82, 2.24) is 5.32 Å². The first kappa shape index (κ1) is 14.5. The van der Waals surface area contributed by atoms with E-state index in [-0.39, 0.29) is 5.91 Å². The Hall–Kier alpha value is -1.59. The van der Waals surface area contributed by atoms with Crippen molar-refractivity contribution in [2.45, 2.75) is 6.92 Å². The van der Waals surface area contributed by atoms with Crippen LogP contribution < -0.4 is 11.1 Å². The third-order valence-corrected chi connectivity index (χ3v) is 2.50. The van der Waals surface area contributed by atoms with Gasteiger partial charge in [0.15, 0.2) is 0 Å². The van der Waals surface area contributed by atoms with Gasteiger partial charge >= 0.3 is 0 Å². The van der Waals surface area contributed by atoms with E-state index in [2.05, 4.69) is 5.32 Å². The van der Waals surface area contributed by atoms with Crippen LogP contribution in [0.15, 0.2) is 18.2 Å². The van der Waals surface area contributed by atoms with Gasteiger partial charge in [0.05, 0.1) is 25.4 Å². The van der Waals surface area contributed by atoms with Crippen LogP contribution in [-0.2, 0) is 9.47 Å². The SMILES string of the molecule is COCCOCCNC(=O)c1c(C)cccc1N. The Bertz CT molecular complexity index is 374. The average Bonchev–Trinajstić information content (AvgIpc) is 2.33. The molecule has 0 unspecified atom stereocenters. The molecule has 3 N–H and O–H groups in total. The molecule has 0 aromatic heterocycles. The smallest absolute Gasteiger partial charge is 0.253 e. The molecule has 0 spiro atoms. The molecule has 0 aliphatic heterocycles. The summed E-state index contributed by atoms with van der Waals surface area (Å²) in [6.07, 6.45) is 0. The van der Waals surface area contributed by atoms with E-state index in [4.69, 9.17) is 15.2 Å². The second kappa shape index (κ2) is 7.68. The highest BCUT2D eigenvalue weighted by Crippen LogP contribution is 2.15. The molecule has 0 saturated carbocycles. The zero-order valence-electron chi connectivity index (χ0n) is 10.9. The number of nitrogen functional groups attached to an aromatic ring is 1. The lowest BCUT2D eigenvalue weighted by Crippen LogP contribution is -2.28. The van der Waals surface area contributed by atoms with E-state index in [1.807, 2.05) is 19.1 Å². The summed E-state index contributed by atoms with van der Waals surface area (Å²) >= 11 is 0. The fourth-order valence-electron chi connectivity index (χ4n) is 1.57. The molecule has 18 heavy (non-hydrogen) atoms. The minimum Gasteiger partial charge on any atom is -0.398 e. The quantitative estimate of drug-likeness (QED) is 0.560. The number of amides is 1. The molecule has 1 rings (SSSR count). The molecule has 5 nitrogen and oxygen atoms in total. The zero-order chi connectivity index (χ0) is 13.4. The van der Waals surface area contributed by atoms with Crippen LogP contribution in [0.25, 0.3) is 0 Å². The molecule has 0 heterocycles. The zero-order valence-corrected chi connectivity index (χ0v) is 10.9. The molecule has 0 fully saturated rings. The van der Waals surface area contributed by atoms with Gasteiger partial charge in [-0.05, 0) is 18.6 Å². The first-order chi connectivity index (χ1) is 8.66. The first-order valence-electron chi connectivity index (χ1n) is 5.86. The van der Waals surface area contributed by atoms with Gasteiger partial charge in [0.1, 0.15) is 0 Å². The van der Waals surface area contributed by atoms with E-state index < -0.39 is 0 Å². The van der Waals surface area contributed by atoms with Crippen molar-refractivity contribution in [1.29, 1.82) is 0 Å². The summed E-state index contributed by atoms with van der Waals surface area (Å²) in [5.41, 5.74) is 7.68. The third kappa shape index (κ3) is 4.35. The Labute approximate surface area is 107 Å². The number of carbonyl (C=O) groups excluding carboxylic acids is 1. The largest absolute Gasteiger partial charge is 0.398 e. The predicted octanol–water partition coefficient (Wildman–Crippen LogP) is 0.970. The Kier molecular flexibility index (Phi) is 6.18. The number of anilines is 1. The molecule has 0 aliphatic carbocycles. The Morgan fingerprint density at radius 2 is 2.11 bits per heavy atom. The van der Waals surface area contributed by atoms with Gasteiger partial charge in [0, 0.05) is 19.3 Å². The van der Waals surface area contributed by atoms with Crippen LogP contribution in [0.1, 0.15) is 15.9 Å². The summed E-state index contributed by atoms with van der Waals surface area (Å²) in [6.45, 7) is 3.86. The predicted molar refractivity (Wildman–Crippen MR) is 70.6 cm³/mol. The number of aryl methyl sites for hydroxylation is 1. The van der Waals surface area contributed by atoms with Crippen molar-refractivity contribution in [3.63, 3.8) is 0 Å². The standard InChI is InChI=1S/C13H20N2O3/c1-10-4-3-5-11(14)12(10)13(16)15-6-7-18-9-8-17-2/h3-5H,6-9,14H2,1-2H3,(H,15,16). The molecule has 100 valence electrons. The van der Waals surface area contributed by atoms with Gasteiger partial charge in [-0.15, -0.1) is 0 Å². The molecule has 0 aliphatic rings. The van der Waals surface area contributed by atoms with E-state index >= 15 is 0 Å². The summed E-state index contributed by atoms with van der Waals surface area (Å²) in [7, 11) is 1.62. The van der Waals surface area contributed by atoms with Crippen LogP contribution >= 0.6 is 0 Å². The highest BCUT2D eigenvalue weighted by Gasteiger charge is 2.11. The van der Waals surface area contributed by atoms with E-state index in [1.54, 1.807) is 13.2 Å². The molecule has 1 aromatic rings. The van der Waals surface area contributed by atoms with Gasteiger partial charge in [-0.2, -0.15) is 0 Å². The Balaban J connectivity index is 2.37. The molecule has 0 bridgehead atoms. The van der Waals surface area contributed by atoms with Crippen LogP contribution in [0, 0.1) is 6.92 Å². The maximum absolute atomic E-state index is 11.9. The Morgan fingerprint density at radius 1 is 1.33 bits per heavy atom. The van der Waals surface area contributed by atoms with E-state index in [9.17, 15) is 4.79 Å². The summed E-state index contributed by atoms with van der Waals surface area (Å²) in [5, 5.41) is 2.77. The van der Waals surface area contributed by atoms with E-state index in [1.165, 1.54) is 0 Å². The van der Waals surface area contributed by atoms with Crippen molar-refractivity contribution in [3.05, 3.63) is 29.3 Å². The first-order valence-corrected chi connectivity index (χ1v) is 5.86. The lowest BCUT2D eigenvalue weighted by molar-refractivity contribution is 0.0693. The molecular formula is C13H20N2O3. The second-order valence-corrected chi connectivity index (χ2v) is 3.90. The van der Waals surface area contributed by atoms with Crippen molar-refractivity contribution in [3.8, 4) is 0 Å². The second-order valence-electron chi connectivity index (χ2n) is 3.90. The monoisotopic (exact) mass is 252 g/mol. The van der Waals surface area contributed by atoms with Crippen molar-refractivity contribution in [2.75, 3.05) is 39.2 Å². The van der Waals surface area contributed by atoms with Gasteiger partial charge in [-0.3, -0.25) is 4.79 Å². The topological polar surface area (TPSA) is 73.6 Å². The number of hydrogen-bond donors (Lipinski definition) is 2. The van der Waals surface area contributed by atoms with Crippen LogP contribution in [0.5, 0.6) is 0 Å². The molecule has 0 atom stereocenters. The van der Waals surface area contributed by atoms with Gasteiger partial charge in [-0.25, -0.2) is 0 Å². The van der Waals surface area contributed by atoms with Crippen molar-refractivity contribution in [2.24, 2.45) is 0 Å². The summed E-state index contributed by atoms with van der Waals surface area (Å²) in [4.78, 5) is 11.9. The van der Waals surface area contributed by atoms with Crippen LogP contribution in [0.4, 0.5) is 5.69 Å². The summed E-state index contributed by atoms with van der Waals surface area (Å²) in [5.74, 6) is -0.166. The average molecular weight is 252 g/mol. The van der Waals surface area contributed by atoms with E-state index in [0.717, 1.165) is 5.56 Å². The fraction of sp³-hybridized carbons (Fsp3) is 0.462. The maximum atomic E-state index is 11.9. The lowest BCUT2D eigenvalue weighted by Gasteiger charge is -2.10. The summed E-state index contributed by atoms with van der Waals surface area (Å²) in [6, 6.07) is 5.41. The number of carbonyl (C=O) groups is 1. The number of methoxy groups -OCH3 is 1. The highest BCUT2D eigenvalue weighted by atomic mass is 16.5. The van der Waals surface area contributed by atoms with Gasteiger partial charge in [0.2, 0.25) is 0 Å². The van der Waals surface area contributed by atoms with E-state index in [0.29, 0.717) is 37.6 Å². The minimum absolute atomic E-state index is 0.166. The lowest BCUT2D eigenvalue weighted by atomic mass is 10.1. The molecule has 1 aromatic carbocycles. The van der Waals surface area contributed by atoms with Crippen molar-refractivity contribution >= 4 is 11.6 Å². The van der Waals surface area contributed by atoms with Crippen LogP contribution in [0.3, 0.4) is 0 Å². The number of rotatable bonds is 7. The maximum Gasteiger partial charge on any atom is 0.253 e. The number of nitrogens with two attached hydrogens (primary N) is 1. The molecule has 1 amide bonds. The number of nitrogens with one attached hydrogen (secondary N) is 1. The minimum atomic E-state index is -0.166. The molecule has 5 heteroatoms. The number of ether oxygens (including phenoxy) is 2. The highest BCUT2D eigenvalue weighted by molar-refractivity contribution is 6.00. The van der Waals surface area contributed by atoms with Crippen LogP contribution in [-0.4, -0.2) is 39.4 Å². The van der Waals surface area contributed by atoms with Gasteiger partial charge in [-0.1, -0.05) is 12.1 Å². The molecule has 0 saturated heterocycles. The number of hydrogen-bond acceptors (Lipinski definition) is 4.